The Morgan fingerprint density at radius 2 is 1.89 bits per heavy atom. The van der Waals surface area contributed by atoms with Crippen LogP contribution in [-0.4, -0.2) is 30.9 Å². The second kappa shape index (κ2) is 7.19. The molecule has 0 heterocycles. The van der Waals surface area contributed by atoms with Gasteiger partial charge in [0.15, 0.2) is 0 Å². The van der Waals surface area contributed by atoms with Gasteiger partial charge in [-0.05, 0) is 92.4 Å². The number of rotatable bonds is 4. The summed E-state index contributed by atoms with van der Waals surface area (Å²) in [7, 11) is 1.51. The molecule has 0 bridgehead atoms. The fourth-order valence-electron chi connectivity index (χ4n) is 7.53. The molecule has 4 aliphatic carbocycles. The molecule has 1 N–H and O–H groups in total. The molecule has 156 valence electrons. The molecule has 0 saturated heterocycles. The lowest BCUT2D eigenvalue weighted by molar-refractivity contribution is -0.136. The molecule has 0 aromatic rings. The molecule has 6 atom stereocenters. The largest absolute Gasteiger partial charge is 0.490 e. The van der Waals surface area contributed by atoms with Crippen LogP contribution in [0.1, 0.15) is 72.1 Å². The van der Waals surface area contributed by atoms with Gasteiger partial charge in [0, 0.05) is 6.61 Å². The standard InChI is InChI=1S/C24H36O4/c1-5-28-16-10-12-23(2)15(14-16)6-7-17-18-8-9-20(21(27-4)22(25)26)24(18,3)13-11-19(17)23/h6,16-19H,5,7-14H2,1-4H3,(H,25,26)/t16-,17-,18-,19-,23-,24-/m0/s1. The van der Waals surface area contributed by atoms with Crippen LogP contribution in [0.3, 0.4) is 0 Å². The number of hydrogen-bond donors (Lipinski definition) is 1. The smallest absolute Gasteiger partial charge is 0.371 e. The Kier molecular flexibility index (Phi) is 5.14. The Bertz CT molecular complexity index is 707. The molecule has 0 unspecified atom stereocenters. The van der Waals surface area contributed by atoms with Gasteiger partial charge in [-0.15, -0.1) is 0 Å². The summed E-state index contributed by atoms with van der Waals surface area (Å²) in [6, 6.07) is 0. The van der Waals surface area contributed by atoms with Gasteiger partial charge in [0.1, 0.15) is 0 Å². The van der Waals surface area contributed by atoms with E-state index in [0.717, 1.165) is 50.2 Å². The van der Waals surface area contributed by atoms with E-state index in [1.165, 1.54) is 26.4 Å². The summed E-state index contributed by atoms with van der Waals surface area (Å²) in [5.41, 5.74) is 2.99. The van der Waals surface area contributed by atoms with Gasteiger partial charge >= 0.3 is 5.97 Å². The minimum absolute atomic E-state index is 0.0187. The molecule has 4 rings (SSSR count). The molecule has 3 fully saturated rings. The molecule has 0 amide bonds. The molecule has 0 spiro atoms. The Hall–Kier alpha value is -1.29. The fourth-order valence-corrected chi connectivity index (χ4v) is 7.53. The Balaban J connectivity index is 1.64. The summed E-state index contributed by atoms with van der Waals surface area (Å²) in [6.07, 6.45) is 11.9. The van der Waals surface area contributed by atoms with Crippen molar-refractivity contribution in [3.05, 3.63) is 23.0 Å². The lowest BCUT2D eigenvalue weighted by Gasteiger charge is -2.57. The van der Waals surface area contributed by atoms with Crippen molar-refractivity contribution < 1.29 is 19.4 Å². The second-order valence-corrected chi connectivity index (χ2v) is 9.89. The lowest BCUT2D eigenvalue weighted by atomic mass is 9.48. The van der Waals surface area contributed by atoms with Crippen molar-refractivity contribution >= 4 is 5.97 Å². The highest BCUT2D eigenvalue weighted by atomic mass is 16.5. The van der Waals surface area contributed by atoms with E-state index in [2.05, 4.69) is 26.8 Å². The molecular formula is C24H36O4. The van der Waals surface area contributed by atoms with E-state index >= 15 is 0 Å². The van der Waals surface area contributed by atoms with Crippen LogP contribution in [0.15, 0.2) is 23.0 Å². The third-order valence-electron chi connectivity index (χ3n) is 8.92. The van der Waals surface area contributed by atoms with Crippen molar-refractivity contribution in [1.29, 1.82) is 0 Å². The maximum Gasteiger partial charge on any atom is 0.371 e. The zero-order valence-corrected chi connectivity index (χ0v) is 17.9. The van der Waals surface area contributed by atoms with E-state index in [1.807, 2.05) is 0 Å². The van der Waals surface area contributed by atoms with Crippen LogP contribution in [0.4, 0.5) is 0 Å². The zero-order chi connectivity index (χ0) is 20.1. The predicted octanol–water partition coefficient (Wildman–Crippen LogP) is 5.34. The highest BCUT2D eigenvalue weighted by molar-refractivity contribution is 5.85. The Morgan fingerprint density at radius 3 is 2.57 bits per heavy atom. The number of ether oxygens (including phenoxy) is 2. The number of fused-ring (bicyclic) bond motifs is 5. The number of carbonyl (C=O) groups is 1. The third-order valence-corrected chi connectivity index (χ3v) is 8.92. The molecule has 4 nitrogen and oxygen atoms in total. The quantitative estimate of drug-likeness (QED) is 0.401. The van der Waals surface area contributed by atoms with Crippen LogP contribution < -0.4 is 0 Å². The van der Waals surface area contributed by atoms with E-state index in [4.69, 9.17) is 9.47 Å². The normalized spacial score (nSPS) is 44.1. The van der Waals surface area contributed by atoms with E-state index in [-0.39, 0.29) is 11.2 Å². The van der Waals surface area contributed by atoms with Gasteiger partial charge in [-0.2, -0.15) is 0 Å². The molecule has 0 aromatic heterocycles. The van der Waals surface area contributed by atoms with Crippen molar-refractivity contribution in [2.24, 2.45) is 28.6 Å². The van der Waals surface area contributed by atoms with Crippen LogP contribution in [0.2, 0.25) is 0 Å². The summed E-state index contributed by atoms with van der Waals surface area (Å²) in [6.45, 7) is 7.72. The van der Waals surface area contributed by atoms with E-state index < -0.39 is 5.97 Å². The van der Waals surface area contributed by atoms with Gasteiger partial charge < -0.3 is 14.6 Å². The maximum absolute atomic E-state index is 11.7. The van der Waals surface area contributed by atoms with Crippen LogP contribution in [0, 0.1) is 28.6 Å². The first-order valence-electron chi connectivity index (χ1n) is 11.2. The molecule has 0 radical (unpaired) electrons. The lowest BCUT2D eigenvalue weighted by Crippen LogP contribution is -2.49. The Morgan fingerprint density at radius 1 is 1.18 bits per heavy atom. The average Bonchev–Trinajstić information content (AvgIpc) is 3.00. The highest BCUT2D eigenvalue weighted by Crippen LogP contribution is 2.66. The summed E-state index contributed by atoms with van der Waals surface area (Å²) >= 11 is 0. The number of carboxylic acid groups (broad SMARTS) is 1. The van der Waals surface area contributed by atoms with Gasteiger partial charge in [0.2, 0.25) is 5.76 Å². The first-order chi connectivity index (χ1) is 13.3. The SMILES string of the molecule is CCO[C@H]1CC[C@@]2(C)C(=CC[C@@H]3[C@@H]2CC[C@]2(C)C(=C(OC)C(=O)O)CC[C@@H]32)C1. The summed E-state index contributed by atoms with van der Waals surface area (Å²) in [4.78, 5) is 11.7. The molecule has 28 heavy (non-hydrogen) atoms. The van der Waals surface area contributed by atoms with E-state index in [0.29, 0.717) is 23.4 Å². The van der Waals surface area contributed by atoms with E-state index in [9.17, 15) is 9.90 Å². The summed E-state index contributed by atoms with van der Waals surface area (Å²) < 4.78 is 11.3. The zero-order valence-electron chi connectivity index (χ0n) is 17.9. The van der Waals surface area contributed by atoms with Crippen molar-refractivity contribution in [2.75, 3.05) is 13.7 Å². The van der Waals surface area contributed by atoms with Gasteiger partial charge in [-0.25, -0.2) is 4.79 Å². The first kappa shape index (κ1) is 20.0. The van der Waals surface area contributed by atoms with Crippen LogP contribution in [0.5, 0.6) is 0 Å². The molecule has 3 saturated carbocycles. The summed E-state index contributed by atoms with van der Waals surface area (Å²) in [5, 5.41) is 9.63. The van der Waals surface area contributed by atoms with Crippen molar-refractivity contribution in [2.45, 2.75) is 78.2 Å². The van der Waals surface area contributed by atoms with Gasteiger partial charge in [-0.3, -0.25) is 0 Å². The average molecular weight is 389 g/mol. The molecular weight excluding hydrogens is 352 g/mol. The van der Waals surface area contributed by atoms with Crippen LogP contribution in [-0.2, 0) is 14.3 Å². The minimum Gasteiger partial charge on any atom is -0.490 e. The second-order valence-electron chi connectivity index (χ2n) is 9.89. The van der Waals surface area contributed by atoms with E-state index in [1.54, 1.807) is 5.57 Å². The van der Waals surface area contributed by atoms with Gasteiger partial charge in [0.05, 0.1) is 13.2 Å². The Labute approximate surface area is 169 Å². The van der Waals surface area contributed by atoms with Crippen molar-refractivity contribution in [3.63, 3.8) is 0 Å². The number of aliphatic carboxylic acids is 1. The van der Waals surface area contributed by atoms with Crippen molar-refractivity contribution in [1.82, 2.24) is 0 Å². The predicted molar refractivity (Wildman–Crippen MR) is 109 cm³/mol. The number of hydrogen-bond acceptors (Lipinski definition) is 3. The fraction of sp³-hybridized carbons (Fsp3) is 0.792. The van der Waals surface area contributed by atoms with Crippen LogP contribution in [0.25, 0.3) is 0 Å². The first-order valence-corrected chi connectivity index (χ1v) is 11.2. The van der Waals surface area contributed by atoms with Crippen LogP contribution >= 0.6 is 0 Å². The molecule has 4 aliphatic rings. The van der Waals surface area contributed by atoms with Crippen molar-refractivity contribution in [3.8, 4) is 0 Å². The third kappa shape index (κ3) is 2.86. The maximum atomic E-state index is 11.7. The topological polar surface area (TPSA) is 55.8 Å². The number of carboxylic acids is 1. The van der Waals surface area contributed by atoms with Gasteiger partial charge in [-0.1, -0.05) is 25.5 Å². The number of allylic oxidation sites excluding steroid dienone is 2. The summed E-state index contributed by atoms with van der Waals surface area (Å²) in [5.74, 6) is 1.27. The molecule has 4 heteroatoms. The minimum atomic E-state index is -0.909. The van der Waals surface area contributed by atoms with Gasteiger partial charge in [0.25, 0.3) is 0 Å². The molecule has 0 aliphatic heterocycles. The highest BCUT2D eigenvalue weighted by Gasteiger charge is 2.58. The molecule has 0 aromatic carbocycles. The number of methoxy groups -OCH3 is 1. The monoisotopic (exact) mass is 388 g/mol.